The van der Waals surface area contributed by atoms with E-state index in [1.807, 2.05) is 24.3 Å². The Morgan fingerprint density at radius 3 is 2.48 bits per heavy atom. The number of nitrogens with zero attached hydrogens (tertiary/aromatic N) is 2. The number of rotatable bonds is 3. The molecule has 1 aromatic heterocycles. The summed E-state index contributed by atoms with van der Waals surface area (Å²) in [4.78, 5) is 17.0. The van der Waals surface area contributed by atoms with E-state index in [-0.39, 0.29) is 5.43 Å². The van der Waals surface area contributed by atoms with Gasteiger partial charge >= 0.3 is 0 Å². The van der Waals surface area contributed by atoms with E-state index >= 15 is 0 Å². The van der Waals surface area contributed by atoms with E-state index < -0.39 is 0 Å². The van der Waals surface area contributed by atoms with E-state index in [9.17, 15) is 4.79 Å². The second-order valence-corrected chi connectivity index (χ2v) is 6.62. The Morgan fingerprint density at radius 2 is 1.68 bits per heavy atom. The molecular formula is C21H22N2O2. The summed E-state index contributed by atoms with van der Waals surface area (Å²) in [5.74, 6) is 0.744. The summed E-state index contributed by atoms with van der Waals surface area (Å²) in [7, 11) is 0. The van der Waals surface area contributed by atoms with Crippen LogP contribution >= 0.6 is 0 Å². The van der Waals surface area contributed by atoms with Gasteiger partial charge in [0, 0.05) is 37.9 Å². The van der Waals surface area contributed by atoms with Crippen molar-refractivity contribution in [2.45, 2.75) is 13.5 Å². The molecule has 4 rings (SSSR count). The molecule has 0 saturated carbocycles. The fraction of sp³-hybridized carbons (Fsp3) is 0.286. The number of para-hydroxylation sites is 2. The van der Waals surface area contributed by atoms with Crippen molar-refractivity contribution in [1.82, 2.24) is 4.90 Å². The highest BCUT2D eigenvalue weighted by Crippen LogP contribution is 2.21. The lowest BCUT2D eigenvalue weighted by Gasteiger charge is -2.36. The van der Waals surface area contributed by atoms with Crippen molar-refractivity contribution in [2.75, 3.05) is 31.1 Å². The molecule has 1 aliphatic rings. The van der Waals surface area contributed by atoms with Gasteiger partial charge in [-0.2, -0.15) is 0 Å². The highest BCUT2D eigenvalue weighted by atomic mass is 16.3. The quantitative estimate of drug-likeness (QED) is 0.735. The summed E-state index contributed by atoms with van der Waals surface area (Å²) in [6, 6.07) is 17.6. The summed E-state index contributed by atoms with van der Waals surface area (Å²) in [5, 5.41) is 0.649. The highest BCUT2D eigenvalue weighted by Gasteiger charge is 2.19. The lowest BCUT2D eigenvalue weighted by Crippen LogP contribution is -2.46. The van der Waals surface area contributed by atoms with Crippen molar-refractivity contribution in [1.29, 1.82) is 0 Å². The van der Waals surface area contributed by atoms with E-state index in [0.717, 1.165) is 31.9 Å². The summed E-state index contributed by atoms with van der Waals surface area (Å²) in [6.07, 6.45) is 0. The maximum Gasteiger partial charge on any atom is 0.192 e. The molecule has 0 atom stereocenters. The lowest BCUT2D eigenvalue weighted by molar-refractivity contribution is 0.231. The van der Waals surface area contributed by atoms with Crippen LogP contribution in [0.1, 0.15) is 11.3 Å². The van der Waals surface area contributed by atoms with Gasteiger partial charge in [-0.1, -0.05) is 30.3 Å². The van der Waals surface area contributed by atoms with Crippen LogP contribution in [0, 0.1) is 6.92 Å². The molecule has 0 aliphatic carbocycles. The molecule has 1 saturated heterocycles. The Labute approximate surface area is 147 Å². The minimum Gasteiger partial charge on any atom is -0.459 e. The van der Waals surface area contributed by atoms with Gasteiger partial charge in [0.05, 0.1) is 11.9 Å². The fourth-order valence-corrected chi connectivity index (χ4v) is 3.52. The van der Waals surface area contributed by atoms with Crippen LogP contribution in [0.3, 0.4) is 0 Å². The molecule has 4 nitrogen and oxygen atoms in total. The third kappa shape index (κ3) is 3.30. The van der Waals surface area contributed by atoms with Crippen LogP contribution in [0.2, 0.25) is 0 Å². The van der Waals surface area contributed by atoms with E-state index in [1.54, 1.807) is 6.07 Å². The fourth-order valence-electron chi connectivity index (χ4n) is 3.52. The van der Waals surface area contributed by atoms with Gasteiger partial charge in [-0.25, -0.2) is 0 Å². The van der Waals surface area contributed by atoms with Crippen molar-refractivity contribution < 1.29 is 4.42 Å². The number of piperazine rings is 1. The first-order chi connectivity index (χ1) is 12.2. The average Bonchev–Trinajstić information content (AvgIpc) is 2.63. The highest BCUT2D eigenvalue weighted by molar-refractivity contribution is 5.76. The zero-order valence-electron chi connectivity index (χ0n) is 14.4. The summed E-state index contributed by atoms with van der Waals surface area (Å²) < 4.78 is 5.92. The predicted molar refractivity (Wildman–Crippen MR) is 101 cm³/mol. The molecule has 3 aromatic rings. The smallest absolute Gasteiger partial charge is 0.192 e. The van der Waals surface area contributed by atoms with Gasteiger partial charge in [0.1, 0.15) is 11.3 Å². The summed E-state index contributed by atoms with van der Waals surface area (Å²) in [5.41, 5.74) is 3.34. The Bertz CT molecular complexity index is 940. The molecule has 0 unspecified atom stereocenters. The van der Waals surface area contributed by atoms with Gasteiger partial charge in [-0.3, -0.25) is 9.69 Å². The molecule has 2 heterocycles. The molecule has 0 spiro atoms. The number of hydrogen-bond acceptors (Lipinski definition) is 4. The maximum absolute atomic E-state index is 12.2. The molecule has 1 aliphatic heterocycles. The Balaban J connectivity index is 1.45. The Morgan fingerprint density at radius 1 is 0.960 bits per heavy atom. The molecule has 0 amide bonds. The summed E-state index contributed by atoms with van der Waals surface area (Å²) in [6.45, 7) is 6.74. The molecule has 0 N–H and O–H groups in total. The van der Waals surface area contributed by atoms with Crippen molar-refractivity contribution in [3.05, 3.63) is 76.1 Å². The van der Waals surface area contributed by atoms with E-state index in [2.05, 4.69) is 41.0 Å². The molecule has 4 heteroatoms. The molecule has 128 valence electrons. The normalized spacial score (nSPS) is 15.6. The van der Waals surface area contributed by atoms with Crippen molar-refractivity contribution in [3.8, 4) is 0 Å². The van der Waals surface area contributed by atoms with Crippen molar-refractivity contribution >= 4 is 16.7 Å². The first kappa shape index (κ1) is 15.9. The Hall–Kier alpha value is -2.59. The second kappa shape index (κ2) is 6.73. The van der Waals surface area contributed by atoms with Gasteiger partial charge in [0.15, 0.2) is 5.43 Å². The third-order valence-electron chi connectivity index (χ3n) is 4.89. The van der Waals surface area contributed by atoms with Crippen LogP contribution in [-0.4, -0.2) is 31.1 Å². The van der Waals surface area contributed by atoms with E-state index in [4.69, 9.17) is 4.42 Å². The number of anilines is 1. The monoisotopic (exact) mass is 334 g/mol. The topological polar surface area (TPSA) is 36.7 Å². The predicted octanol–water partition coefficient (Wildman–Crippen LogP) is 3.42. The number of hydrogen-bond donors (Lipinski definition) is 0. The zero-order valence-corrected chi connectivity index (χ0v) is 14.4. The molecule has 0 bridgehead atoms. The second-order valence-electron chi connectivity index (χ2n) is 6.62. The van der Waals surface area contributed by atoms with Crippen LogP contribution in [-0.2, 0) is 6.54 Å². The first-order valence-corrected chi connectivity index (χ1v) is 8.75. The largest absolute Gasteiger partial charge is 0.459 e. The Kier molecular flexibility index (Phi) is 4.28. The van der Waals surface area contributed by atoms with Gasteiger partial charge in [0.25, 0.3) is 0 Å². The van der Waals surface area contributed by atoms with Gasteiger partial charge < -0.3 is 9.32 Å². The van der Waals surface area contributed by atoms with Gasteiger partial charge in [0.2, 0.25) is 0 Å². The SMILES string of the molecule is Cc1ccccc1N1CCN(Cc2cc(=O)c3ccccc3o2)CC1. The molecule has 2 aromatic carbocycles. The van der Waals surface area contributed by atoms with Crippen LogP contribution in [0.25, 0.3) is 11.0 Å². The van der Waals surface area contributed by atoms with Crippen LogP contribution < -0.4 is 10.3 Å². The standard InChI is InChI=1S/C21H22N2O2/c1-16-6-2-4-8-19(16)23-12-10-22(11-13-23)15-17-14-20(24)18-7-3-5-9-21(18)25-17/h2-9,14H,10-13,15H2,1H3. The zero-order chi connectivity index (χ0) is 17.2. The molecular weight excluding hydrogens is 312 g/mol. The summed E-state index contributed by atoms with van der Waals surface area (Å²) >= 11 is 0. The lowest BCUT2D eigenvalue weighted by atomic mass is 10.1. The van der Waals surface area contributed by atoms with Crippen molar-refractivity contribution in [3.63, 3.8) is 0 Å². The number of aryl methyl sites for hydroxylation is 1. The molecule has 25 heavy (non-hydrogen) atoms. The third-order valence-corrected chi connectivity index (χ3v) is 4.89. The number of fused-ring (bicyclic) bond motifs is 1. The van der Waals surface area contributed by atoms with E-state index in [0.29, 0.717) is 17.5 Å². The van der Waals surface area contributed by atoms with E-state index in [1.165, 1.54) is 11.3 Å². The minimum atomic E-state index is 0.0374. The average molecular weight is 334 g/mol. The van der Waals surface area contributed by atoms with Crippen molar-refractivity contribution in [2.24, 2.45) is 0 Å². The molecule has 1 fully saturated rings. The van der Waals surface area contributed by atoms with Crippen LogP contribution in [0.15, 0.2) is 63.8 Å². The van der Waals surface area contributed by atoms with Gasteiger partial charge in [-0.05, 0) is 30.7 Å². The van der Waals surface area contributed by atoms with Crippen LogP contribution in [0.4, 0.5) is 5.69 Å². The maximum atomic E-state index is 12.2. The van der Waals surface area contributed by atoms with Gasteiger partial charge in [-0.15, -0.1) is 0 Å². The van der Waals surface area contributed by atoms with Crippen LogP contribution in [0.5, 0.6) is 0 Å². The first-order valence-electron chi connectivity index (χ1n) is 8.75. The number of benzene rings is 2. The minimum absolute atomic E-state index is 0.0374. The molecule has 0 radical (unpaired) electrons.